The Balaban J connectivity index is 2.38. The van der Waals surface area contributed by atoms with E-state index < -0.39 is 10.0 Å². The third-order valence-corrected chi connectivity index (χ3v) is 4.97. The summed E-state index contributed by atoms with van der Waals surface area (Å²) in [7, 11) is -3.72. The monoisotopic (exact) mass is 349 g/mol. The molecular formula is C13H10Cl3NO2S. The molecule has 0 spiro atoms. The van der Waals surface area contributed by atoms with Crippen molar-refractivity contribution < 1.29 is 8.42 Å². The molecule has 0 amide bonds. The molecule has 0 saturated heterocycles. The van der Waals surface area contributed by atoms with E-state index in [1.165, 1.54) is 18.2 Å². The van der Waals surface area contributed by atoms with E-state index in [4.69, 9.17) is 34.8 Å². The first kappa shape index (κ1) is 15.4. The number of halogens is 3. The Bertz CT molecular complexity index is 760. The molecule has 0 unspecified atom stereocenters. The molecule has 106 valence electrons. The largest absolute Gasteiger partial charge is 0.279 e. The highest BCUT2D eigenvalue weighted by Crippen LogP contribution is 2.27. The molecule has 1 N–H and O–H groups in total. The lowest BCUT2D eigenvalue weighted by Crippen LogP contribution is -2.13. The molecule has 0 bridgehead atoms. The number of sulfonamides is 1. The second-order valence-electron chi connectivity index (χ2n) is 4.14. The number of anilines is 1. The van der Waals surface area contributed by atoms with Crippen LogP contribution in [-0.4, -0.2) is 8.42 Å². The molecule has 3 nitrogen and oxygen atoms in total. The molecule has 0 heterocycles. The maximum atomic E-state index is 12.3. The van der Waals surface area contributed by atoms with Crippen molar-refractivity contribution in [2.24, 2.45) is 0 Å². The Morgan fingerprint density at radius 2 is 1.65 bits per heavy atom. The van der Waals surface area contributed by atoms with Gasteiger partial charge in [0.25, 0.3) is 10.0 Å². The number of nitrogens with one attached hydrogen (secondary N) is 1. The molecule has 2 rings (SSSR count). The Morgan fingerprint density at radius 3 is 2.25 bits per heavy atom. The molecule has 0 aliphatic carbocycles. The zero-order valence-corrected chi connectivity index (χ0v) is 13.4. The molecule has 2 aromatic carbocycles. The van der Waals surface area contributed by atoms with Crippen LogP contribution in [0.1, 0.15) is 5.56 Å². The second-order valence-corrected chi connectivity index (χ2v) is 7.07. The summed E-state index contributed by atoms with van der Waals surface area (Å²) >= 11 is 17.4. The van der Waals surface area contributed by atoms with E-state index in [2.05, 4.69) is 4.72 Å². The van der Waals surface area contributed by atoms with E-state index in [-0.39, 0.29) is 9.92 Å². The van der Waals surface area contributed by atoms with E-state index in [1.54, 1.807) is 25.1 Å². The van der Waals surface area contributed by atoms with Gasteiger partial charge in [0, 0.05) is 5.02 Å². The Hall–Kier alpha value is -0.940. The van der Waals surface area contributed by atoms with Crippen molar-refractivity contribution in [2.75, 3.05) is 4.72 Å². The maximum Gasteiger partial charge on any atom is 0.261 e. The molecule has 0 atom stereocenters. The van der Waals surface area contributed by atoms with Gasteiger partial charge in [-0.15, -0.1) is 0 Å². The lowest BCUT2D eigenvalue weighted by atomic mass is 10.2. The first-order valence-electron chi connectivity index (χ1n) is 5.53. The van der Waals surface area contributed by atoms with Crippen molar-refractivity contribution in [1.82, 2.24) is 0 Å². The quantitative estimate of drug-likeness (QED) is 0.867. The molecular weight excluding hydrogens is 341 g/mol. The summed E-state index contributed by atoms with van der Waals surface area (Å²) in [4.78, 5) is 0.0428. The van der Waals surface area contributed by atoms with E-state index in [1.807, 2.05) is 0 Å². The van der Waals surface area contributed by atoms with Gasteiger partial charge in [-0.1, -0.05) is 34.8 Å². The van der Waals surface area contributed by atoms with E-state index >= 15 is 0 Å². The summed E-state index contributed by atoms with van der Waals surface area (Å²) in [5, 5.41) is 1.02. The van der Waals surface area contributed by atoms with Crippen molar-refractivity contribution in [3.05, 3.63) is 57.0 Å². The highest BCUT2D eigenvalue weighted by molar-refractivity contribution is 7.92. The molecule has 0 radical (unpaired) electrons. The van der Waals surface area contributed by atoms with Crippen LogP contribution < -0.4 is 4.72 Å². The van der Waals surface area contributed by atoms with Gasteiger partial charge in [-0.2, -0.15) is 0 Å². The molecule has 0 aromatic heterocycles. The van der Waals surface area contributed by atoms with E-state index in [0.29, 0.717) is 15.7 Å². The van der Waals surface area contributed by atoms with Crippen LogP contribution in [0.4, 0.5) is 5.69 Å². The third kappa shape index (κ3) is 3.38. The Labute approximate surface area is 132 Å². The topological polar surface area (TPSA) is 46.2 Å². The van der Waals surface area contributed by atoms with Crippen LogP contribution >= 0.6 is 34.8 Å². The number of aryl methyl sites for hydroxylation is 1. The fourth-order valence-electron chi connectivity index (χ4n) is 1.59. The van der Waals surface area contributed by atoms with Gasteiger partial charge in [-0.3, -0.25) is 4.72 Å². The molecule has 0 aliphatic heterocycles. The van der Waals surface area contributed by atoms with Crippen molar-refractivity contribution in [1.29, 1.82) is 0 Å². The third-order valence-electron chi connectivity index (χ3n) is 2.63. The van der Waals surface area contributed by atoms with Crippen LogP contribution in [0.2, 0.25) is 15.1 Å². The minimum Gasteiger partial charge on any atom is -0.279 e. The smallest absolute Gasteiger partial charge is 0.261 e. The van der Waals surface area contributed by atoms with Crippen molar-refractivity contribution in [3.8, 4) is 0 Å². The Kier molecular flexibility index (Phi) is 4.49. The molecule has 0 saturated carbocycles. The van der Waals surface area contributed by atoms with Gasteiger partial charge in [-0.05, 0) is 48.9 Å². The molecule has 0 fully saturated rings. The normalized spacial score (nSPS) is 11.4. The van der Waals surface area contributed by atoms with Crippen LogP contribution in [-0.2, 0) is 10.0 Å². The molecule has 20 heavy (non-hydrogen) atoms. The molecule has 2 aromatic rings. The fraction of sp³-hybridized carbons (Fsp3) is 0.0769. The van der Waals surface area contributed by atoms with Gasteiger partial charge in [-0.25, -0.2) is 8.42 Å². The summed E-state index contributed by atoms with van der Waals surface area (Å²) in [6, 6.07) is 9.02. The minimum atomic E-state index is -3.72. The molecule has 7 heteroatoms. The summed E-state index contributed by atoms with van der Waals surface area (Å²) in [6.07, 6.45) is 0. The Morgan fingerprint density at radius 1 is 0.950 bits per heavy atom. The number of hydrogen-bond acceptors (Lipinski definition) is 2. The summed E-state index contributed by atoms with van der Waals surface area (Å²) in [6.45, 7) is 1.76. The maximum absolute atomic E-state index is 12.3. The van der Waals surface area contributed by atoms with Crippen molar-refractivity contribution in [2.45, 2.75) is 11.8 Å². The first-order valence-corrected chi connectivity index (χ1v) is 8.15. The lowest BCUT2D eigenvalue weighted by molar-refractivity contribution is 0.601. The van der Waals surface area contributed by atoms with Gasteiger partial charge < -0.3 is 0 Å². The summed E-state index contributed by atoms with van der Waals surface area (Å²) < 4.78 is 27.0. The number of rotatable bonds is 3. The van der Waals surface area contributed by atoms with Crippen LogP contribution in [0.15, 0.2) is 41.3 Å². The SMILES string of the molecule is Cc1cc(Cl)ccc1NS(=O)(=O)c1ccc(Cl)c(Cl)c1. The summed E-state index contributed by atoms with van der Waals surface area (Å²) in [5.74, 6) is 0. The summed E-state index contributed by atoms with van der Waals surface area (Å²) in [5.41, 5.74) is 1.18. The van der Waals surface area contributed by atoms with Crippen molar-refractivity contribution >= 4 is 50.5 Å². The van der Waals surface area contributed by atoms with Crippen LogP contribution in [0, 0.1) is 6.92 Å². The molecule has 0 aliphatic rings. The predicted molar refractivity (Wildman–Crippen MR) is 83.5 cm³/mol. The predicted octanol–water partition coefficient (Wildman–Crippen LogP) is 4.76. The van der Waals surface area contributed by atoms with Crippen molar-refractivity contribution in [3.63, 3.8) is 0 Å². The van der Waals surface area contributed by atoms with Crippen LogP contribution in [0.25, 0.3) is 0 Å². The van der Waals surface area contributed by atoms with Gasteiger partial charge in [0.15, 0.2) is 0 Å². The average Bonchev–Trinajstić information content (AvgIpc) is 2.36. The zero-order chi connectivity index (χ0) is 14.9. The highest BCUT2D eigenvalue weighted by Gasteiger charge is 2.16. The van der Waals surface area contributed by atoms with Gasteiger partial charge >= 0.3 is 0 Å². The van der Waals surface area contributed by atoms with E-state index in [0.717, 1.165) is 5.56 Å². The standard InChI is InChI=1S/C13H10Cl3NO2S/c1-8-6-9(14)2-5-13(8)17-20(18,19)10-3-4-11(15)12(16)7-10/h2-7,17H,1H3. The van der Waals surface area contributed by atoms with Crippen LogP contribution in [0.3, 0.4) is 0 Å². The highest BCUT2D eigenvalue weighted by atomic mass is 35.5. The number of benzene rings is 2. The van der Waals surface area contributed by atoms with E-state index in [9.17, 15) is 8.42 Å². The van der Waals surface area contributed by atoms with Gasteiger partial charge in [0.1, 0.15) is 0 Å². The van der Waals surface area contributed by atoms with Gasteiger partial charge in [0.05, 0.1) is 20.6 Å². The van der Waals surface area contributed by atoms with Crippen LogP contribution in [0.5, 0.6) is 0 Å². The van der Waals surface area contributed by atoms with Gasteiger partial charge in [0.2, 0.25) is 0 Å². The lowest BCUT2D eigenvalue weighted by Gasteiger charge is -2.11. The second kappa shape index (κ2) is 5.82. The average molecular weight is 351 g/mol. The zero-order valence-electron chi connectivity index (χ0n) is 10.3. The minimum absolute atomic E-state index is 0.0428. The fourth-order valence-corrected chi connectivity index (χ4v) is 3.34. The first-order chi connectivity index (χ1) is 9.29. The number of hydrogen-bond donors (Lipinski definition) is 1.